The minimum atomic E-state index is 0.276. The molecule has 13 heavy (non-hydrogen) atoms. The number of fused-ring (bicyclic) bond motifs is 1. The summed E-state index contributed by atoms with van der Waals surface area (Å²) in [5.41, 5.74) is 6.65. The molecule has 0 radical (unpaired) electrons. The first-order valence-electron chi connectivity index (χ1n) is 3.83. The van der Waals surface area contributed by atoms with Gasteiger partial charge in [0.05, 0.1) is 13.7 Å². The Bertz CT molecular complexity index is 424. The lowest BCUT2D eigenvalue weighted by Gasteiger charge is -1.95. The summed E-state index contributed by atoms with van der Waals surface area (Å²) in [6, 6.07) is 1.73. The average molecular weight is 179 g/mol. The minimum absolute atomic E-state index is 0.276. The number of oxazole rings is 1. The molecule has 0 fully saturated rings. The Kier molecular flexibility index (Phi) is 1.86. The van der Waals surface area contributed by atoms with Crippen LogP contribution in [0.3, 0.4) is 0 Å². The lowest BCUT2D eigenvalue weighted by Crippen LogP contribution is -1.95. The first-order chi connectivity index (χ1) is 6.35. The van der Waals surface area contributed by atoms with E-state index in [2.05, 4.69) is 9.97 Å². The van der Waals surface area contributed by atoms with Gasteiger partial charge in [0.25, 0.3) is 0 Å². The van der Waals surface area contributed by atoms with Crippen LogP contribution >= 0.6 is 0 Å². The number of hydrogen-bond donors (Lipinski definition) is 1. The molecular weight excluding hydrogens is 170 g/mol. The zero-order valence-corrected chi connectivity index (χ0v) is 7.15. The summed E-state index contributed by atoms with van der Waals surface area (Å²) in [5.74, 6) is 0.947. The van der Waals surface area contributed by atoms with Gasteiger partial charge in [-0.3, -0.25) is 0 Å². The molecule has 0 unspecified atom stereocenters. The third-order valence-corrected chi connectivity index (χ3v) is 1.69. The fraction of sp³-hybridized carbons (Fsp3) is 0.250. The third-order valence-electron chi connectivity index (χ3n) is 1.69. The topological polar surface area (TPSA) is 74.2 Å². The number of aromatic nitrogens is 2. The Labute approximate surface area is 74.5 Å². The van der Waals surface area contributed by atoms with E-state index >= 15 is 0 Å². The van der Waals surface area contributed by atoms with Crippen molar-refractivity contribution >= 4 is 11.1 Å². The fourth-order valence-corrected chi connectivity index (χ4v) is 1.11. The lowest BCUT2D eigenvalue weighted by molar-refractivity contribution is 0.402. The van der Waals surface area contributed by atoms with E-state index in [0.717, 1.165) is 0 Å². The fourth-order valence-electron chi connectivity index (χ4n) is 1.11. The van der Waals surface area contributed by atoms with E-state index in [1.54, 1.807) is 19.4 Å². The Hall–Kier alpha value is -1.62. The lowest BCUT2D eigenvalue weighted by atomic mass is 10.4. The zero-order chi connectivity index (χ0) is 9.26. The second-order valence-electron chi connectivity index (χ2n) is 2.48. The first kappa shape index (κ1) is 8.00. The summed E-state index contributed by atoms with van der Waals surface area (Å²) in [5, 5.41) is 0. The maximum Gasteiger partial charge on any atom is 0.243 e. The Morgan fingerprint density at radius 3 is 3.15 bits per heavy atom. The molecule has 0 spiro atoms. The van der Waals surface area contributed by atoms with Gasteiger partial charge >= 0.3 is 0 Å². The van der Waals surface area contributed by atoms with Gasteiger partial charge in [0.15, 0.2) is 11.1 Å². The van der Waals surface area contributed by atoms with Crippen molar-refractivity contribution in [2.75, 3.05) is 7.11 Å². The summed E-state index contributed by atoms with van der Waals surface area (Å²) in [7, 11) is 1.54. The van der Waals surface area contributed by atoms with Crippen molar-refractivity contribution in [1.29, 1.82) is 0 Å². The number of methoxy groups -OCH3 is 1. The van der Waals surface area contributed by atoms with E-state index < -0.39 is 0 Å². The van der Waals surface area contributed by atoms with Gasteiger partial charge in [-0.2, -0.15) is 0 Å². The van der Waals surface area contributed by atoms with Gasteiger partial charge in [-0.25, -0.2) is 9.97 Å². The highest BCUT2D eigenvalue weighted by molar-refractivity contribution is 5.77. The third kappa shape index (κ3) is 1.23. The highest BCUT2D eigenvalue weighted by Crippen LogP contribution is 2.22. The maximum atomic E-state index is 5.39. The van der Waals surface area contributed by atoms with Crippen LogP contribution in [-0.4, -0.2) is 17.1 Å². The molecule has 0 saturated heterocycles. The molecule has 0 aliphatic heterocycles. The molecule has 0 atom stereocenters. The van der Waals surface area contributed by atoms with Crippen LogP contribution in [0.4, 0.5) is 0 Å². The van der Waals surface area contributed by atoms with E-state index in [4.69, 9.17) is 14.9 Å². The molecule has 0 saturated carbocycles. The molecule has 68 valence electrons. The van der Waals surface area contributed by atoms with Gasteiger partial charge in [0.1, 0.15) is 0 Å². The molecule has 0 aliphatic rings. The number of ether oxygens (including phenoxy) is 1. The monoisotopic (exact) mass is 179 g/mol. The van der Waals surface area contributed by atoms with Crippen molar-refractivity contribution in [3.05, 3.63) is 18.2 Å². The van der Waals surface area contributed by atoms with Crippen LogP contribution in [0, 0.1) is 0 Å². The van der Waals surface area contributed by atoms with Crippen molar-refractivity contribution < 1.29 is 9.15 Å². The molecule has 2 aromatic heterocycles. The van der Waals surface area contributed by atoms with Crippen LogP contribution in [0.5, 0.6) is 5.88 Å². The summed E-state index contributed by atoms with van der Waals surface area (Å²) in [6.07, 6.45) is 1.60. The Balaban J connectivity index is 2.67. The van der Waals surface area contributed by atoms with Crippen molar-refractivity contribution in [2.24, 2.45) is 5.73 Å². The first-order valence-corrected chi connectivity index (χ1v) is 3.83. The van der Waals surface area contributed by atoms with E-state index in [9.17, 15) is 0 Å². The molecule has 0 aliphatic carbocycles. The van der Waals surface area contributed by atoms with Crippen molar-refractivity contribution in [3.63, 3.8) is 0 Å². The molecule has 0 bridgehead atoms. The van der Waals surface area contributed by atoms with E-state index in [-0.39, 0.29) is 6.54 Å². The maximum absolute atomic E-state index is 5.39. The summed E-state index contributed by atoms with van der Waals surface area (Å²) >= 11 is 0. The molecule has 0 amide bonds. The van der Waals surface area contributed by atoms with Crippen molar-refractivity contribution in [3.8, 4) is 5.88 Å². The SMILES string of the molecule is COc1nccc2oc(CN)nc12. The minimum Gasteiger partial charge on any atom is -0.479 e. The molecule has 2 aromatic rings. The van der Waals surface area contributed by atoms with Gasteiger partial charge in [0.2, 0.25) is 11.8 Å². The number of hydrogen-bond acceptors (Lipinski definition) is 5. The summed E-state index contributed by atoms with van der Waals surface area (Å²) < 4.78 is 10.3. The van der Waals surface area contributed by atoms with Crippen LogP contribution in [0.15, 0.2) is 16.7 Å². The van der Waals surface area contributed by atoms with Crippen LogP contribution < -0.4 is 10.5 Å². The summed E-state index contributed by atoms with van der Waals surface area (Å²) in [4.78, 5) is 8.11. The smallest absolute Gasteiger partial charge is 0.243 e. The van der Waals surface area contributed by atoms with E-state index in [1.807, 2.05) is 0 Å². The Morgan fingerprint density at radius 1 is 1.62 bits per heavy atom. The van der Waals surface area contributed by atoms with Gasteiger partial charge < -0.3 is 14.9 Å². The highest BCUT2D eigenvalue weighted by Gasteiger charge is 2.09. The van der Waals surface area contributed by atoms with Crippen LogP contribution in [-0.2, 0) is 6.54 Å². The molecule has 5 heteroatoms. The Morgan fingerprint density at radius 2 is 2.46 bits per heavy atom. The largest absolute Gasteiger partial charge is 0.479 e. The molecule has 2 N–H and O–H groups in total. The van der Waals surface area contributed by atoms with Gasteiger partial charge in [0, 0.05) is 12.3 Å². The van der Waals surface area contributed by atoms with Crippen molar-refractivity contribution in [2.45, 2.75) is 6.54 Å². The van der Waals surface area contributed by atoms with Gasteiger partial charge in [-0.15, -0.1) is 0 Å². The highest BCUT2D eigenvalue weighted by atomic mass is 16.5. The zero-order valence-electron chi connectivity index (χ0n) is 7.15. The predicted octanol–water partition coefficient (Wildman–Crippen LogP) is 0.690. The molecule has 2 rings (SSSR count). The number of nitrogens with zero attached hydrogens (tertiary/aromatic N) is 2. The van der Waals surface area contributed by atoms with Crippen LogP contribution in [0.25, 0.3) is 11.1 Å². The predicted molar refractivity (Wildman–Crippen MR) is 46.2 cm³/mol. The van der Waals surface area contributed by atoms with Crippen molar-refractivity contribution in [1.82, 2.24) is 9.97 Å². The second kappa shape index (κ2) is 3.02. The number of pyridine rings is 1. The summed E-state index contributed by atoms with van der Waals surface area (Å²) in [6.45, 7) is 0.276. The molecule has 2 heterocycles. The standard InChI is InChI=1S/C8H9N3O2/c1-12-8-7-5(2-3-10-8)13-6(4-9)11-7/h2-3H,4,9H2,1H3. The number of nitrogens with two attached hydrogens (primary N) is 1. The van der Waals surface area contributed by atoms with Crippen LogP contribution in [0.1, 0.15) is 5.89 Å². The molecule has 5 nitrogen and oxygen atoms in total. The molecular formula is C8H9N3O2. The van der Waals surface area contributed by atoms with E-state index in [0.29, 0.717) is 22.9 Å². The van der Waals surface area contributed by atoms with E-state index in [1.165, 1.54) is 0 Å². The second-order valence-corrected chi connectivity index (χ2v) is 2.48. The van der Waals surface area contributed by atoms with Crippen LogP contribution in [0.2, 0.25) is 0 Å². The van der Waals surface area contributed by atoms with Gasteiger partial charge in [-0.1, -0.05) is 0 Å². The van der Waals surface area contributed by atoms with Gasteiger partial charge in [-0.05, 0) is 0 Å². The quantitative estimate of drug-likeness (QED) is 0.734. The average Bonchev–Trinajstić information content (AvgIpc) is 2.59. The molecule has 0 aromatic carbocycles. The number of rotatable bonds is 2. The normalized spacial score (nSPS) is 10.6.